The number of aliphatic carboxylic acids is 2. The number of hydrogen-bond donors (Lipinski definition) is 4. The second kappa shape index (κ2) is 13.9. The molecule has 18 heavy (non-hydrogen) atoms. The third-order valence-electron chi connectivity index (χ3n) is 1.99. The lowest BCUT2D eigenvalue weighted by molar-refractivity contribution is -0.139. The SMILES string of the molecule is CN(CCO)CCO.O=C(O)CCCCC(=O)O. The average molecular weight is 265 g/mol. The minimum absolute atomic E-state index is 0.0628. The van der Waals surface area contributed by atoms with Crippen molar-refractivity contribution < 1.29 is 30.0 Å². The van der Waals surface area contributed by atoms with Crippen LogP contribution in [0.2, 0.25) is 0 Å². The topological polar surface area (TPSA) is 118 Å². The molecule has 108 valence electrons. The zero-order valence-corrected chi connectivity index (χ0v) is 10.7. The number of nitrogens with zero attached hydrogens (tertiary/aromatic N) is 1. The van der Waals surface area contributed by atoms with E-state index in [9.17, 15) is 9.59 Å². The fourth-order valence-electron chi connectivity index (χ4n) is 1.01. The highest BCUT2D eigenvalue weighted by Gasteiger charge is 1.99. The fraction of sp³-hybridized carbons (Fsp3) is 0.818. The average Bonchev–Trinajstić information content (AvgIpc) is 2.25. The lowest BCUT2D eigenvalue weighted by Crippen LogP contribution is -2.25. The molecule has 0 unspecified atom stereocenters. The van der Waals surface area contributed by atoms with Gasteiger partial charge in [0.05, 0.1) is 13.2 Å². The Labute approximate surface area is 107 Å². The molecule has 0 amide bonds. The van der Waals surface area contributed by atoms with Crippen molar-refractivity contribution in [3.63, 3.8) is 0 Å². The van der Waals surface area contributed by atoms with E-state index in [1.165, 1.54) is 0 Å². The van der Waals surface area contributed by atoms with Gasteiger partial charge in [0.1, 0.15) is 0 Å². The van der Waals surface area contributed by atoms with Crippen LogP contribution in [0.3, 0.4) is 0 Å². The molecule has 0 heterocycles. The molecule has 0 aromatic carbocycles. The van der Waals surface area contributed by atoms with Gasteiger partial charge >= 0.3 is 11.9 Å². The molecule has 0 saturated carbocycles. The molecule has 0 saturated heterocycles. The summed E-state index contributed by atoms with van der Waals surface area (Å²) in [4.78, 5) is 21.7. The van der Waals surface area contributed by atoms with Crippen LogP contribution in [0.15, 0.2) is 0 Å². The van der Waals surface area contributed by atoms with Gasteiger partial charge in [-0.15, -0.1) is 0 Å². The van der Waals surface area contributed by atoms with E-state index < -0.39 is 11.9 Å². The number of carboxylic acids is 2. The minimum Gasteiger partial charge on any atom is -0.481 e. The van der Waals surface area contributed by atoms with E-state index in [1.807, 2.05) is 11.9 Å². The number of unbranched alkanes of at least 4 members (excludes halogenated alkanes) is 1. The highest BCUT2D eigenvalue weighted by atomic mass is 16.4. The minimum atomic E-state index is -0.870. The first-order valence-corrected chi connectivity index (χ1v) is 5.77. The first kappa shape index (κ1) is 19.2. The van der Waals surface area contributed by atoms with Crippen LogP contribution in [-0.2, 0) is 9.59 Å². The fourth-order valence-corrected chi connectivity index (χ4v) is 1.01. The van der Waals surface area contributed by atoms with Crippen molar-refractivity contribution in [2.75, 3.05) is 33.4 Å². The number of likely N-dealkylation sites (N-methyl/N-ethyl adjacent to an activating group) is 1. The standard InChI is InChI=1S/C6H10O4.C5H13NO2/c7-5(8)3-1-2-4-6(9)10;1-6(2-4-7)3-5-8/h1-4H2,(H,7,8)(H,9,10);7-8H,2-5H2,1H3. The van der Waals surface area contributed by atoms with E-state index in [0.29, 0.717) is 25.9 Å². The summed E-state index contributed by atoms with van der Waals surface area (Å²) in [5, 5.41) is 32.9. The smallest absolute Gasteiger partial charge is 0.303 e. The molecular weight excluding hydrogens is 242 g/mol. The molecule has 0 aliphatic heterocycles. The van der Waals surface area contributed by atoms with Crippen LogP contribution in [0.4, 0.5) is 0 Å². The molecule has 0 fully saturated rings. The third-order valence-corrected chi connectivity index (χ3v) is 1.99. The molecule has 0 spiro atoms. The largest absolute Gasteiger partial charge is 0.481 e. The molecule has 0 aliphatic rings. The summed E-state index contributed by atoms with van der Waals surface area (Å²) in [6.07, 6.45) is 1.02. The highest BCUT2D eigenvalue weighted by Crippen LogP contribution is 1.98. The molecule has 0 aliphatic carbocycles. The van der Waals surface area contributed by atoms with Crippen molar-refractivity contribution in [1.82, 2.24) is 4.90 Å². The summed E-state index contributed by atoms with van der Waals surface area (Å²) >= 11 is 0. The highest BCUT2D eigenvalue weighted by molar-refractivity contribution is 5.67. The Morgan fingerprint density at radius 2 is 1.22 bits per heavy atom. The maximum absolute atomic E-state index is 9.90. The van der Waals surface area contributed by atoms with Crippen molar-refractivity contribution in [3.05, 3.63) is 0 Å². The van der Waals surface area contributed by atoms with Gasteiger partial charge < -0.3 is 25.3 Å². The molecule has 0 atom stereocenters. The molecule has 7 heteroatoms. The molecule has 4 N–H and O–H groups in total. The van der Waals surface area contributed by atoms with Crippen LogP contribution in [0.5, 0.6) is 0 Å². The predicted molar refractivity (Wildman–Crippen MR) is 65.4 cm³/mol. The Morgan fingerprint density at radius 3 is 1.44 bits per heavy atom. The van der Waals surface area contributed by atoms with Crippen molar-refractivity contribution in [2.24, 2.45) is 0 Å². The van der Waals surface area contributed by atoms with E-state index >= 15 is 0 Å². The zero-order chi connectivity index (χ0) is 14.4. The van der Waals surface area contributed by atoms with Gasteiger partial charge in [-0.2, -0.15) is 0 Å². The Hall–Kier alpha value is -1.18. The van der Waals surface area contributed by atoms with Gasteiger partial charge in [0.25, 0.3) is 0 Å². The Bertz CT molecular complexity index is 200. The second-order valence-corrected chi connectivity index (χ2v) is 3.75. The molecule has 0 aromatic rings. The van der Waals surface area contributed by atoms with Gasteiger partial charge in [-0.3, -0.25) is 9.59 Å². The van der Waals surface area contributed by atoms with E-state index in [4.69, 9.17) is 20.4 Å². The van der Waals surface area contributed by atoms with Crippen molar-refractivity contribution in [3.8, 4) is 0 Å². The van der Waals surface area contributed by atoms with E-state index in [-0.39, 0.29) is 26.1 Å². The number of carbonyl (C=O) groups is 2. The predicted octanol–water partition coefficient (Wildman–Crippen LogP) is -0.381. The van der Waals surface area contributed by atoms with E-state index in [2.05, 4.69) is 0 Å². The molecular formula is C11H23NO6. The maximum Gasteiger partial charge on any atom is 0.303 e. The van der Waals surface area contributed by atoms with Crippen molar-refractivity contribution in [1.29, 1.82) is 0 Å². The van der Waals surface area contributed by atoms with E-state index in [0.717, 1.165) is 0 Å². The first-order valence-electron chi connectivity index (χ1n) is 5.77. The quantitative estimate of drug-likeness (QED) is 0.419. The van der Waals surface area contributed by atoms with Gasteiger partial charge in [0, 0.05) is 25.9 Å². The Balaban J connectivity index is 0. The normalized spacial score (nSPS) is 9.78. The van der Waals surface area contributed by atoms with Gasteiger partial charge in [-0.05, 0) is 19.9 Å². The number of carboxylic acid groups (broad SMARTS) is 2. The van der Waals surface area contributed by atoms with Crippen LogP contribution in [0, 0.1) is 0 Å². The van der Waals surface area contributed by atoms with Crippen LogP contribution < -0.4 is 0 Å². The summed E-state index contributed by atoms with van der Waals surface area (Å²) < 4.78 is 0. The number of rotatable bonds is 9. The van der Waals surface area contributed by atoms with E-state index in [1.54, 1.807) is 0 Å². The van der Waals surface area contributed by atoms with Crippen LogP contribution in [-0.4, -0.2) is 70.6 Å². The third kappa shape index (κ3) is 20.3. The van der Waals surface area contributed by atoms with Gasteiger partial charge in [-0.25, -0.2) is 0 Å². The van der Waals surface area contributed by atoms with Crippen LogP contribution in [0.1, 0.15) is 25.7 Å². The van der Waals surface area contributed by atoms with Gasteiger partial charge in [0.2, 0.25) is 0 Å². The zero-order valence-electron chi connectivity index (χ0n) is 10.7. The Kier molecular flexibility index (Phi) is 14.8. The summed E-state index contributed by atoms with van der Waals surface area (Å²) in [7, 11) is 1.85. The summed E-state index contributed by atoms with van der Waals surface area (Å²) in [5.41, 5.74) is 0. The van der Waals surface area contributed by atoms with Crippen LogP contribution in [0.25, 0.3) is 0 Å². The molecule has 0 rings (SSSR count). The summed E-state index contributed by atoms with van der Waals surface area (Å²) in [6.45, 7) is 1.61. The maximum atomic E-state index is 9.90. The molecule has 0 radical (unpaired) electrons. The number of hydrogen-bond acceptors (Lipinski definition) is 5. The lowest BCUT2D eigenvalue weighted by atomic mass is 10.2. The summed E-state index contributed by atoms with van der Waals surface area (Å²) in [5.74, 6) is -1.74. The Morgan fingerprint density at radius 1 is 0.889 bits per heavy atom. The van der Waals surface area contributed by atoms with Crippen LogP contribution >= 0.6 is 0 Å². The molecule has 0 bridgehead atoms. The monoisotopic (exact) mass is 265 g/mol. The first-order chi connectivity index (χ1) is 8.43. The number of aliphatic hydroxyl groups excluding tert-OH is 2. The summed E-state index contributed by atoms with van der Waals surface area (Å²) in [6, 6.07) is 0. The van der Waals surface area contributed by atoms with Gasteiger partial charge in [0.15, 0.2) is 0 Å². The molecule has 7 nitrogen and oxygen atoms in total. The van der Waals surface area contributed by atoms with Crippen molar-refractivity contribution in [2.45, 2.75) is 25.7 Å². The molecule has 0 aromatic heterocycles. The van der Waals surface area contributed by atoms with Crippen molar-refractivity contribution >= 4 is 11.9 Å². The van der Waals surface area contributed by atoms with Gasteiger partial charge in [-0.1, -0.05) is 0 Å². The lowest BCUT2D eigenvalue weighted by Gasteiger charge is -2.11. The number of aliphatic hydroxyl groups is 2. The second-order valence-electron chi connectivity index (χ2n) is 3.75.